The first-order valence-electron chi connectivity index (χ1n) is 10.5. The monoisotopic (exact) mass is 426 g/mol. The molecule has 0 saturated carbocycles. The van der Waals surface area contributed by atoms with E-state index in [4.69, 9.17) is 16.0 Å². The number of likely N-dealkylation sites (tertiary alicyclic amines) is 1. The summed E-state index contributed by atoms with van der Waals surface area (Å²) in [6.45, 7) is 5.08. The van der Waals surface area contributed by atoms with Crippen LogP contribution < -0.4 is 5.32 Å². The number of amides is 1. The van der Waals surface area contributed by atoms with Crippen molar-refractivity contribution in [2.75, 3.05) is 19.6 Å². The van der Waals surface area contributed by atoms with Crippen molar-refractivity contribution >= 4 is 17.5 Å². The minimum absolute atomic E-state index is 0.160. The zero-order chi connectivity index (χ0) is 20.9. The van der Waals surface area contributed by atoms with Crippen LogP contribution in [-0.4, -0.2) is 46.3 Å². The SMILES string of the molecule is C[C@H]1CCCCN1CCCNC(=O)c1cc(-c2ccco2)nn1-c1cccc(Cl)c1. The maximum absolute atomic E-state index is 13.0. The van der Waals surface area contributed by atoms with E-state index in [0.29, 0.717) is 34.8 Å². The molecule has 7 heteroatoms. The van der Waals surface area contributed by atoms with Crippen LogP contribution in [0.2, 0.25) is 5.02 Å². The molecule has 1 N–H and O–H groups in total. The van der Waals surface area contributed by atoms with Gasteiger partial charge in [0.05, 0.1) is 12.0 Å². The molecule has 1 fully saturated rings. The molecule has 0 spiro atoms. The average Bonchev–Trinajstić information content (AvgIpc) is 3.42. The van der Waals surface area contributed by atoms with Crippen LogP contribution in [0, 0.1) is 0 Å². The first-order chi connectivity index (χ1) is 14.6. The number of piperidine rings is 1. The molecule has 3 aromatic rings. The lowest BCUT2D eigenvalue weighted by Crippen LogP contribution is -2.39. The molecule has 1 aliphatic heterocycles. The molecule has 3 heterocycles. The van der Waals surface area contributed by atoms with Gasteiger partial charge in [0.25, 0.3) is 5.91 Å². The molecular weight excluding hydrogens is 400 g/mol. The number of aromatic nitrogens is 2. The van der Waals surface area contributed by atoms with E-state index in [1.54, 1.807) is 35.2 Å². The van der Waals surface area contributed by atoms with E-state index in [-0.39, 0.29) is 5.91 Å². The first-order valence-corrected chi connectivity index (χ1v) is 10.9. The summed E-state index contributed by atoms with van der Waals surface area (Å²) in [6, 6.07) is 13.3. The Labute approximate surface area is 181 Å². The highest BCUT2D eigenvalue weighted by atomic mass is 35.5. The van der Waals surface area contributed by atoms with Gasteiger partial charge in [0.15, 0.2) is 5.76 Å². The van der Waals surface area contributed by atoms with Crippen LogP contribution in [0.1, 0.15) is 43.1 Å². The lowest BCUT2D eigenvalue weighted by atomic mass is 10.0. The fourth-order valence-corrected chi connectivity index (χ4v) is 4.14. The molecule has 0 unspecified atom stereocenters. The van der Waals surface area contributed by atoms with Crippen LogP contribution in [0.15, 0.2) is 53.1 Å². The summed E-state index contributed by atoms with van der Waals surface area (Å²) in [4.78, 5) is 15.5. The van der Waals surface area contributed by atoms with Crippen molar-refractivity contribution in [3.8, 4) is 17.1 Å². The molecule has 0 bridgehead atoms. The van der Waals surface area contributed by atoms with E-state index in [1.165, 1.54) is 19.3 Å². The minimum Gasteiger partial charge on any atom is -0.463 e. The van der Waals surface area contributed by atoms with Crippen LogP contribution in [0.3, 0.4) is 0 Å². The zero-order valence-electron chi connectivity index (χ0n) is 17.2. The Kier molecular flexibility index (Phi) is 6.55. The van der Waals surface area contributed by atoms with Gasteiger partial charge in [0, 0.05) is 30.2 Å². The molecule has 2 aromatic heterocycles. The zero-order valence-corrected chi connectivity index (χ0v) is 17.9. The van der Waals surface area contributed by atoms with Gasteiger partial charge in [-0.2, -0.15) is 5.10 Å². The molecule has 158 valence electrons. The number of carbonyl (C=O) groups excluding carboxylic acids is 1. The second kappa shape index (κ2) is 9.49. The van der Waals surface area contributed by atoms with E-state index < -0.39 is 0 Å². The van der Waals surface area contributed by atoms with E-state index in [2.05, 4.69) is 22.2 Å². The molecule has 1 aliphatic rings. The fourth-order valence-electron chi connectivity index (χ4n) is 3.96. The lowest BCUT2D eigenvalue weighted by molar-refractivity contribution is 0.0941. The van der Waals surface area contributed by atoms with Crippen molar-refractivity contribution in [2.45, 2.75) is 38.6 Å². The molecule has 4 rings (SSSR count). The van der Waals surface area contributed by atoms with Crippen molar-refractivity contribution in [2.24, 2.45) is 0 Å². The number of furan rings is 1. The van der Waals surface area contributed by atoms with Gasteiger partial charge in [-0.1, -0.05) is 24.1 Å². The van der Waals surface area contributed by atoms with Crippen molar-refractivity contribution in [1.82, 2.24) is 20.0 Å². The number of nitrogens with zero attached hydrogens (tertiary/aromatic N) is 3. The summed E-state index contributed by atoms with van der Waals surface area (Å²) in [5, 5.41) is 8.23. The second-order valence-electron chi connectivity index (χ2n) is 7.77. The molecule has 1 atom stereocenters. The molecule has 1 amide bonds. The second-order valence-corrected chi connectivity index (χ2v) is 8.21. The lowest BCUT2D eigenvalue weighted by Gasteiger charge is -2.33. The highest BCUT2D eigenvalue weighted by Gasteiger charge is 2.20. The summed E-state index contributed by atoms with van der Waals surface area (Å²) in [7, 11) is 0. The maximum Gasteiger partial charge on any atom is 0.270 e. The van der Waals surface area contributed by atoms with Gasteiger partial charge in [-0.3, -0.25) is 4.79 Å². The summed E-state index contributed by atoms with van der Waals surface area (Å²) < 4.78 is 7.08. The Morgan fingerprint density at radius 1 is 1.27 bits per heavy atom. The molecule has 6 nitrogen and oxygen atoms in total. The van der Waals surface area contributed by atoms with Crippen molar-refractivity contribution < 1.29 is 9.21 Å². The van der Waals surface area contributed by atoms with E-state index in [1.807, 2.05) is 18.2 Å². The third-order valence-electron chi connectivity index (χ3n) is 5.62. The maximum atomic E-state index is 13.0. The summed E-state index contributed by atoms with van der Waals surface area (Å²) in [5.41, 5.74) is 1.79. The van der Waals surface area contributed by atoms with Crippen molar-refractivity contribution in [3.63, 3.8) is 0 Å². The number of rotatable bonds is 7. The molecule has 0 aliphatic carbocycles. The van der Waals surface area contributed by atoms with Crippen LogP contribution in [0.4, 0.5) is 0 Å². The van der Waals surface area contributed by atoms with Crippen molar-refractivity contribution in [1.29, 1.82) is 0 Å². The standard InChI is InChI=1S/C23H27ClN4O2/c1-17-7-2-3-12-27(17)13-6-11-25-23(29)21-16-20(22-10-5-14-30-22)26-28(21)19-9-4-8-18(24)15-19/h4-5,8-10,14-17H,2-3,6-7,11-13H2,1H3,(H,25,29)/t17-/m0/s1. The van der Waals surface area contributed by atoms with Crippen LogP contribution in [0.5, 0.6) is 0 Å². The van der Waals surface area contributed by atoms with Crippen LogP contribution in [-0.2, 0) is 0 Å². The fraction of sp³-hybridized carbons (Fsp3) is 0.391. The van der Waals surface area contributed by atoms with Crippen LogP contribution in [0.25, 0.3) is 17.1 Å². The highest BCUT2D eigenvalue weighted by Crippen LogP contribution is 2.23. The van der Waals surface area contributed by atoms with Gasteiger partial charge in [-0.15, -0.1) is 0 Å². The largest absolute Gasteiger partial charge is 0.463 e. The van der Waals surface area contributed by atoms with E-state index >= 15 is 0 Å². The van der Waals surface area contributed by atoms with Gasteiger partial charge in [-0.05, 0) is 63.1 Å². The van der Waals surface area contributed by atoms with Gasteiger partial charge in [0.2, 0.25) is 0 Å². The smallest absolute Gasteiger partial charge is 0.270 e. The Morgan fingerprint density at radius 2 is 2.17 bits per heavy atom. The van der Waals surface area contributed by atoms with Crippen LogP contribution >= 0.6 is 11.6 Å². The molecule has 0 radical (unpaired) electrons. The topological polar surface area (TPSA) is 63.3 Å². The number of hydrogen-bond acceptors (Lipinski definition) is 4. The predicted molar refractivity (Wildman–Crippen MR) is 118 cm³/mol. The molecule has 1 saturated heterocycles. The van der Waals surface area contributed by atoms with Gasteiger partial charge >= 0.3 is 0 Å². The normalized spacial score (nSPS) is 17.2. The Bertz CT molecular complexity index is 983. The first kappa shape index (κ1) is 20.7. The van der Waals surface area contributed by atoms with E-state index in [9.17, 15) is 4.79 Å². The third-order valence-corrected chi connectivity index (χ3v) is 5.85. The summed E-state index contributed by atoms with van der Waals surface area (Å²) in [5.74, 6) is 0.455. The predicted octanol–water partition coefficient (Wildman–Crippen LogP) is 4.78. The quantitative estimate of drug-likeness (QED) is 0.552. The molecule has 30 heavy (non-hydrogen) atoms. The number of nitrogens with one attached hydrogen (secondary N) is 1. The number of benzene rings is 1. The number of halogens is 1. The molecule has 1 aromatic carbocycles. The van der Waals surface area contributed by atoms with Gasteiger partial charge in [0.1, 0.15) is 11.4 Å². The van der Waals surface area contributed by atoms with E-state index in [0.717, 1.165) is 25.2 Å². The Balaban J connectivity index is 1.47. The number of hydrogen-bond donors (Lipinski definition) is 1. The third kappa shape index (κ3) is 4.77. The van der Waals surface area contributed by atoms with Gasteiger partial charge in [-0.25, -0.2) is 4.68 Å². The molecular formula is C23H27ClN4O2. The Morgan fingerprint density at radius 3 is 2.93 bits per heavy atom. The average molecular weight is 427 g/mol. The van der Waals surface area contributed by atoms with Gasteiger partial charge < -0.3 is 14.6 Å². The minimum atomic E-state index is -0.160. The number of carbonyl (C=O) groups is 1. The Hall–Kier alpha value is -2.57. The summed E-state index contributed by atoms with van der Waals surface area (Å²) >= 11 is 6.16. The summed E-state index contributed by atoms with van der Waals surface area (Å²) in [6.07, 6.45) is 6.37. The van der Waals surface area contributed by atoms with Crippen molar-refractivity contribution in [3.05, 3.63) is 59.4 Å². The highest BCUT2D eigenvalue weighted by molar-refractivity contribution is 6.30.